The highest BCUT2D eigenvalue weighted by Crippen LogP contribution is 2.38. The number of fused-ring (bicyclic) bond motifs is 1. The summed E-state index contributed by atoms with van der Waals surface area (Å²) in [4.78, 5) is 14.6. The molecule has 2 atom stereocenters. The number of piperidine rings is 1. The molecule has 0 N–H and O–H groups in total. The van der Waals surface area contributed by atoms with Crippen molar-refractivity contribution in [2.45, 2.75) is 65.0 Å². The maximum atomic E-state index is 5.03. The monoisotopic (exact) mass is 336 g/mol. The van der Waals surface area contributed by atoms with E-state index in [-0.39, 0.29) is 0 Å². The number of nitrogens with zero attached hydrogens (tertiary/aromatic N) is 4. The van der Waals surface area contributed by atoms with E-state index in [1.54, 1.807) is 0 Å². The topological polar surface area (TPSA) is 32.3 Å². The van der Waals surface area contributed by atoms with E-state index in [4.69, 9.17) is 9.97 Å². The molecule has 1 aromatic carbocycles. The summed E-state index contributed by atoms with van der Waals surface area (Å²) >= 11 is 0. The maximum Gasteiger partial charge on any atom is 0.227 e. The van der Waals surface area contributed by atoms with Gasteiger partial charge in [-0.1, -0.05) is 25.1 Å². The zero-order valence-electron chi connectivity index (χ0n) is 15.6. The third-order valence-corrected chi connectivity index (χ3v) is 5.64. The quantitative estimate of drug-likeness (QED) is 0.817. The third-order valence-electron chi connectivity index (χ3n) is 5.64. The van der Waals surface area contributed by atoms with E-state index in [0.29, 0.717) is 12.1 Å². The molecule has 1 aromatic heterocycles. The van der Waals surface area contributed by atoms with E-state index in [1.165, 1.54) is 30.5 Å². The van der Waals surface area contributed by atoms with E-state index >= 15 is 0 Å². The molecular weight excluding hydrogens is 308 g/mol. The number of hydrogen-bond acceptors (Lipinski definition) is 4. The van der Waals surface area contributed by atoms with Gasteiger partial charge in [0.05, 0.1) is 0 Å². The van der Waals surface area contributed by atoms with Crippen LogP contribution in [0.2, 0.25) is 0 Å². The van der Waals surface area contributed by atoms with Crippen LogP contribution in [0.1, 0.15) is 50.8 Å². The lowest BCUT2D eigenvalue weighted by Crippen LogP contribution is -2.40. The number of rotatable bonds is 3. The van der Waals surface area contributed by atoms with Gasteiger partial charge in [-0.15, -0.1) is 0 Å². The molecule has 2 aliphatic rings. The Bertz CT molecular complexity index is 757. The van der Waals surface area contributed by atoms with Gasteiger partial charge in [-0.25, -0.2) is 4.98 Å². The van der Waals surface area contributed by atoms with Crippen molar-refractivity contribution in [3.05, 3.63) is 41.6 Å². The Morgan fingerprint density at radius 2 is 2.00 bits per heavy atom. The molecule has 4 nitrogen and oxygen atoms in total. The Morgan fingerprint density at radius 1 is 1.16 bits per heavy atom. The number of benzene rings is 1. The van der Waals surface area contributed by atoms with E-state index in [1.807, 2.05) is 0 Å². The van der Waals surface area contributed by atoms with Gasteiger partial charge in [-0.05, 0) is 57.6 Å². The van der Waals surface area contributed by atoms with E-state index in [2.05, 4.69) is 60.9 Å². The predicted octanol–water partition coefficient (Wildman–Crippen LogP) is 4.64. The molecule has 132 valence electrons. The van der Waals surface area contributed by atoms with Crippen molar-refractivity contribution in [2.24, 2.45) is 0 Å². The normalized spacial score (nSPS) is 23.0. The second kappa shape index (κ2) is 6.66. The molecule has 0 spiro atoms. The summed E-state index contributed by atoms with van der Waals surface area (Å²) in [5, 5.41) is 0. The van der Waals surface area contributed by atoms with Gasteiger partial charge in [0.2, 0.25) is 5.95 Å². The van der Waals surface area contributed by atoms with Gasteiger partial charge in [-0.2, -0.15) is 4.98 Å². The molecule has 0 bridgehead atoms. The van der Waals surface area contributed by atoms with Crippen LogP contribution in [0.4, 0.5) is 17.5 Å². The van der Waals surface area contributed by atoms with Crippen molar-refractivity contribution in [3.63, 3.8) is 0 Å². The van der Waals surface area contributed by atoms with Gasteiger partial charge in [0.1, 0.15) is 5.82 Å². The Labute approximate surface area is 150 Å². The first-order valence-electron chi connectivity index (χ1n) is 9.67. The zero-order chi connectivity index (χ0) is 17.4. The number of anilines is 3. The van der Waals surface area contributed by atoms with Crippen LogP contribution in [0.15, 0.2) is 30.3 Å². The summed E-state index contributed by atoms with van der Waals surface area (Å²) in [6.45, 7) is 7.73. The van der Waals surface area contributed by atoms with E-state index in [0.717, 1.165) is 36.8 Å². The lowest BCUT2D eigenvalue weighted by Gasteiger charge is -2.36. The second-order valence-corrected chi connectivity index (χ2v) is 7.47. The molecule has 25 heavy (non-hydrogen) atoms. The summed E-state index contributed by atoms with van der Waals surface area (Å²) in [6, 6.07) is 11.8. The zero-order valence-corrected chi connectivity index (χ0v) is 15.6. The fourth-order valence-corrected chi connectivity index (χ4v) is 4.39. The SMILES string of the molecule is CCC1CCCCN1c1nc(C)cc(N2c3ccccc3CC2C)n1. The third kappa shape index (κ3) is 2.99. The van der Waals surface area contributed by atoms with Crippen LogP contribution in [-0.2, 0) is 6.42 Å². The Morgan fingerprint density at radius 3 is 2.84 bits per heavy atom. The highest BCUT2D eigenvalue weighted by Gasteiger charge is 2.29. The van der Waals surface area contributed by atoms with Crippen LogP contribution >= 0.6 is 0 Å². The summed E-state index contributed by atoms with van der Waals surface area (Å²) < 4.78 is 0. The molecule has 1 fully saturated rings. The average molecular weight is 336 g/mol. The number of hydrogen-bond donors (Lipinski definition) is 0. The van der Waals surface area contributed by atoms with Crippen LogP contribution < -0.4 is 9.80 Å². The molecule has 1 saturated heterocycles. The predicted molar refractivity (Wildman–Crippen MR) is 104 cm³/mol. The lowest BCUT2D eigenvalue weighted by molar-refractivity contribution is 0.443. The Balaban J connectivity index is 1.73. The number of aryl methyl sites for hydroxylation is 1. The Hall–Kier alpha value is -2.10. The lowest BCUT2D eigenvalue weighted by atomic mass is 10.0. The standard InChI is InChI=1S/C21H28N4/c1-4-18-10-7-8-12-24(18)21-22-15(2)13-20(23-21)25-16(3)14-17-9-5-6-11-19(17)25/h5-6,9,11,13,16,18H,4,7-8,10,12,14H2,1-3H3. The van der Waals surface area contributed by atoms with Crippen LogP contribution in [0.5, 0.6) is 0 Å². The molecule has 0 aliphatic carbocycles. The highest BCUT2D eigenvalue weighted by atomic mass is 15.3. The first kappa shape index (κ1) is 16.4. The number of para-hydroxylation sites is 1. The fourth-order valence-electron chi connectivity index (χ4n) is 4.39. The fraction of sp³-hybridized carbons (Fsp3) is 0.524. The van der Waals surface area contributed by atoms with Gasteiger partial charge < -0.3 is 9.80 Å². The van der Waals surface area contributed by atoms with Crippen molar-refractivity contribution < 1.29 is 0 Å². The second-order valence-electron chi connectivity index (χ2n) is 7.47. The average Bonchev–Trinajstić information content (AvgIpc) is 2.96. The molecule has 3 heterocycles. The smallest absolute Gasteiger partial charge is 0.227 e. The Kier molecular flexibility index (Phi) is 4.36. The molecule has 2 unspecified atom stereocenters. The summed E-state index contributed by atoms with van der Waals surface area (Å²) in [5.41, 5.74) is 3.76. The maximum absolute atomic E-state index is 5.03. The summed E-state index contributed by atoms with van der Waals surface area (Å²) in [5.74, 6) is 1.96. The molecular formula is C21H28N4. The van der Waals surface area contributed by atoms with Gasteiger partial charge in [0.15, 0.2) is 0 Å². The first-order chi connectivity index (χ1) is 12.2. The summed E-state index contributed by atoms with van der Waals surface area (Å²) in [6.07, 6.45) is 6.06. The minimum Gasteiger partial charge on any atom is -0.338 e. The van der Waals surface area contributed by atoms with Gasteiger partial charge in [0.25, 0.3) is 0 Å². The van der Waals surface area contributed by atoms with E-state index < -0.39 is 0 Å². The van der Waals surface area contributed by atoms with Crippen LogP contribution in [0, 0.1) is 6.92 Å². The number of aromatic nitrogens is 2. The molecule has 0 radical (unpaired) electrons. The van der Waals surface area contributed by atoms with Gasteiger partial charge >= 0.3 is 0 Å². The van der Waals surface area contributed by atoms with Crippen LogP contribution in [-0.4, -0.2) is 28.6 Å². The van der Waals surface area contributed by atoms with E-state index in [9.17, 15) is 0 Å². The minimum atomic E-state index is 0.433. The largest absolute Gasteiger partial charge is 0.338 e. The molecule has 4 rings (SSSR count). The molecule has 4 heteroatoms. The molecule has 0 amide bonds. The van der Waals surface area contributed by atoms with Crippen molar-refractivity contribution in [3.8, 4) is 0 Å². The minimum absolute atomic E-state index is 0.433. The van der Waals surface area contributed by atoms with Crippen molar-refractivity contribution in [1.29, 1.82) is 0 Å². The van der Waals surface area contributed by atoms with Crippen molar-refractivity contribution in [2.75, 3.05) is 16.3 Å². The van der Waals surface area contributed by atoms with Gasteiger partial charge in [0, 0.05) is 36.1 Å². The highest BCUT2D eigenvalue weighted by molar-refractivity contribution is 5.69. The molecule has 0 saturated carbocycles. The van der Waals surface area contributed by atoms with Crippen LogP contribution in [0.25, 0.3) is 0 Å². The molecule has 2 aliphatic heterocycles. The summed E-state index contributed by atoms with van der Waals surface area (Å²) in [7, 11) is 0. The van der Waals surface area contributed by atoms with Crippen molar-refractivity contribution >= 4 is 17.5 Å². The van der Waals surface area contributed by atoms with Gasteiger partial charge in [-0.3, -0.25) is 0 Å². The van der Waals surface area contributed by atoms with Crippen molar-refractivity contribution in [1.82, 2.24) is 9.97 Å². The molecule has 2 aromatic rings. The first-order valence-corrected chi connectivity index (χ1v) is 9.67. The van der Waals surface area contributed by atoms with Crippen LogP contribution in [0.3, 0.4) is 0 Å².